The van der Waals surface area contributed by atoms with Gasteiger partial charge in [0, 0.05) is 17.7 Å². The van der Waals surface area contributed by atoms with Gasteiger partial charge in [-0.1, -0.05) is 24.3 Å². The predicted octanol–water partition coefficient (Wildman–Crippen LogP) is 5.80. The summed E-state index contributed by atoms with van der Waals surface area (Å²) >= 11 is 0. The molecule has 2 atom stereocenters. The van der Waals surface area contributed by atoms with Gasteiger partial charge in [0.25, 0.3) is 0 Å². The Labute approximate surface area is 210 Å². The normalized spacial score (nSPS) is 20.0. The Morgan fingerprint density at radius 3 is 2.56 bits per heavy atom. The van der Waals surface area contributed by atoms with Crippen LogP contribution in [-0.4, -0.2) is 26.3 Å². The second kappa shape index (κ2) is 9.15. The molecule has 3 aromatic carbocycles. The smallest absolute Gasteiger partial charge is 0.231 e. The van der Waals surface area contributed by atoms with E-state index in [1.54, 1.807) is 7.11 Å². The number of ether oxygens (including phenoxy) is 4. The highest BCUT2D eigenvalue weighted by Crippen LogP contribution is 2.46. The Bertz CT molecular complexity index is 1370. The second-order valence-corrected chi connectivity index (χ2v) is 9.12. The molecule has 0 unspecified atom stereocenters. The SMILES string of the molecule is CCOc1ccc([C@H]2CC(=O)C3=C(C2)Nc2ccccc2N[C@H]3c2ccc3c(c2)OCO3)cc1OC. The van der Waals surface area contributed by atoms with Crippen molar-refractivity contribution in [2.45, 2.75) is 31.7 Å². The first-order valence-electron chi connectivity index (χ1n) is 12.2. The predicted molar refractivity (Wildman–Crippen MR) is 137 cm³/mol. The molecule has 7 nitrogen and oxygen atoms in total. The van der Waals surface area contributed by atoms with Crippen LogP contribution in [0.25, 0.3) is 0 Å². The van der Waals surface area contributed by atoms with Gasteiger partial charge in [0.2, 0.25) is 6.79 Å². The molecule has 0 spiro atoms. The molecule has 7 heteroatoms. The molecule has 1 aliphatic carbocycles. The maximum atomic E-state index is 13.8. The topological polar surface area (TPSA) is 78.1 Å². The third kappa shape index (κ3) is 3.90. The lowest BCUT2D eigenvalue weighted by atomic mass is 9.78. The molecule has 0 saturated carbocycles. The highest BCUT2D eigenvalue weighted by Gasteiger charge is 2.36. The first kappa shape index (κ1) is 22.3. The number of methoxy groups -OCH3 is 1. The monoisotopic (exact) mass is 484 g/mol. The zero-order chi connectivity index (χ0) is 24.6. The van der Waals surface area contributed by atoms with Crippen LogP contribution in [0.15, 0.2) is 71.9 Å². The summed E-state index contributed by atoms with van der Waals surface area (Å²) in [4.78, 5) is 13.8. The largest absolute Gasteiger partial charge is 0.493 e. The fourth-order valence-corrected chi connectivity index (χ4v) is 5.28. The van der Waals surface area contributed by atoms with Crippen molar-refractivity contribution in [3.8, 4) is 23.0 Å². The zero-order valence-electron chi connectivity index (χ0n) is 20.3. The van der Waals surface area contributed by atoms with Gasteiger partial charge in [-0.05, 0) is 66.8 Å². The number of para-hydroxylation sites is 2. The van der Waals surface area contributed by atoms with E-state index in [0.717, 1.165) is 39.5 Å². The Kier molecular flexibility index (Phi) is 5.68. The van der Waals surface area contributed by atoms with Crippen LogP contribution in [0, 0.1) is 0 Å². The molecule has 0 saturated heterocycles. The first-order chi connectivity index (χ1) is 17.6. The molecule has 3 aromatic rings. The highest BCUT2D eigenvalue weighted by molar-refractivity contribution is 6.01. The first-order valence-corrected chi connectivity index (χ1v) is 12.2. The summed E-state index contributed by atoms with van der Waals surface area (Å²) < 4.78 is 22.4. The van der Waals surface area contributed by atoms with Crippen molar-refractivity contribution < 1.29 is 23.7 Å². The lowest BCUT2D eigenvalue weighted by molar-refractivity contribution is -0.116. The number of benzene rings is 3. The quantitative estimate of drug-likeness (QED) is 0.474. The molecule has 0 amide bonds. The van der Waals surface area contributed by atoms with Crippen LogP contribution in [0.2, 0.25) is 0 Å². The van der Waals surface area contributed by atoms with Gasteiger partial charge in [0.1, 0.15) is 0 Å². The third-order valence-corrected chi connectivity index (χ3v) is 7.00. The van der Waals surface area contributed by atoms with Crippen LogP contribution < -0.4 is 29.6 Å². The zero-order valence-corrected chi connectivity index (χ0v) is 20.3. The van der Waals surface area contributed by atoms with E-state index in [4.69, 9.17) is 18.9 Å². The molecule has 2 aliphatic heterocycles. The number of ketones is 1. The minimum atomic E-state index is -0.311. The number of fused-ring (bicyclic) bond motifs is 2. The number of nitrogens with one attached hydrogen (secondary N) is 2. The van der Waals surface area contributed by atoms with Gasteiger partial charge in [0.05, 0.1) is 31.1 Å². The lowest BCUT2D eigenvalue weighted by Gasteiger charge is -2.30. The minimum Gasteiger partial charge on any atom is -0.493 e. The fourth-order valence-electron chi connectivity index (χ4n) is 5.28. The Hall–Kier alpha value is -4.13. The van der Waals surface area contributed by atoms with Crippen molar-refractivity contribution in [1.82, 2.24) is 0 Å². The number of hydrogen-bond donors (Lipinski definition) is 2. The van der Waals surface area contributed by atoms with Crippen molar-refractivity contribution in [2.75, 3.05) is 31.1 Å². The van der Waals surface area contributed by atoms with Crippen LogP contribution in [0.5, 0.6) is 23.0 Å². The number of rotatable bonds is 5. The van der Waals surface area contributed by atoms with Crippen LogP contribution in [0.4, 0.5) is 11.4 Å². The summed E-state index contributed by atoms with van der Waals surface area (Å²) in [6.07, 6.45) is 1.12. The second-order valence-electron chi connectivity index (χ2n) is 9.12. The summed E-state index contributed by atoms with van der Waals surface area (Å²) in [5.74, 6) is 2.95. The average molecular weight is 485 g/mol. The van der Waals surface area contributed by atoms with E-state index in [1.165, 1.54) is 0 Å². The maximum absolute atomic E-state index is 13.8. The molecule has 0 aromatic heterocycles. The molecule has 2 N–H and O–H groups in total. The summed E-state index contributed by atoms with van der Waals surface area (Å²) in [6.45, 7) is 2.72. The van der Waals surface area contributed by atoms with Gasteiger partial charge < -0.3 is 29.6 Å². The molecule has 36 heavy (non-hydrogen) atoms. The number of Topliss-reactive ketones (excluding diaryl/α,β-unsaturated/α-hetero) is 1. The lowest BCUT2D eigenvalue weighted by Crippen LogP contribution is -2.26. The number of anilines is 2. The Balaban J connectivity index is 1.40. The van der Waals surface area contributed by atoms with E-state index in [9.17, 15) is 4.79 Å². The minimum absolute atomic E-state index is 0.0241. The molecular weight excluding hydrogens is 456 g/mol. The number of hydrogen-bond acceptors (Lipinski definition) is 7. The summed E-state index contributed by atoms with van der Waals surface area (Å²) in [6, 6.07) is 19.6. The maximum Gasteiger partial charge on any atom is 0.231 e. The number of carbonyl (C=O) groups is 1. The van der Waals surface area contributed by atoms with Crippen molar-refractivity contribution in [1.29, 1.82) is 0 Å². The van der Waals surface area contributed by atoms with Crippen LogP contribution in [0.3, 0.4) is 0 Å². The molecular formula is C29H28N2O5. The number of carbonyl (C=O) groups excluding carboxylic acids is 1. The molecule has 0 radical (unpaired) electrons. The highest BCUT2D eigenvalue weighted by atomic mass is 16.7. The van der Waals surface area contributed by atoms with Gasteiger partial charge in [-0.15, -0.1) is 0 Å². The van der Waals surface area contributed by atoms with Gasteiger partial charge >= 0.3 is 0 Å². The molecule has 2 heterocycles. The van der Waals surface area contributed by atoms with Gasteiger partial charge in [-0.2, -0.15) is 0 Å². The number of allylic oxidation sites excluding steroid dienone is 1. The van der Waals surface area contributed by atoms with Crippen molar-refractivity contribution >= 4 is 17.2 Å². The molecule has 0 bridgehead atoms. The standard InChI is InChI=1S/C29H28N2O5/c1-3-34-24-10-8-17(14-26(24)33-2)19-12-22-28(23(32)13-19)29(31-21-7-5-4-6-20(21)30-22)18-9-11-25-27(15-18)36-16-35-25/h4-11,14-15,19,29-31H,3,12-13,16H2,1-2H3/t19-,29+/m1/s1. The van der Waals surface area contributed by atoms with Crippen molar-refractivity contribution in [3.05, 3.63) is 83.1 Å². The molecule has 3 aliphatic rings. The Morgan fingerprint density at radius 2 is 1.72 bits per heavy atom. The molecule has 0 fully saturated rings. The van der Waals surface area contributed by atoms with E-state index < -0.39 is 0 Å². The average Bonchev–Trinajstić information content (AvgIpc) is 3.29. The summed E-state index contributed by atoms with van der Waals surface area (Å²) in [5.41, 5.74) is 5.61. The van der Waals surface area contributed by atoms with E-state index >= 15 is 0 Å². The van der Waals surface area contributed by atoms with Gasteiger partial charge in [-0.25, -0.2) is 0 Å². The van der Waals surface area contributed by atoms with E-state index in [2.05, 4.69) is 10.6 Å². The summed E-state index contributed by atoms with van der Waals surface area (Å²) in [5, 5.41) is 7.21. The third-order valence-electron chi connectivity index (χ3n) is 7.00. The van der Waals surface area contributed by atoms with Crippen molar-refractivity contribution in [2.24, 2.45) is 0 Å². The van der Waals surface area contributed by atoms with Crippen LogP contribution >= 0.6 is 0 Å². The van der Waals surface area contributed by atoms with E-state index in [-0.39, 0.29) is 24.5 Å². The van der Waals surface area contributed by atoms with Crippen LogP contribution in [-0.2, 0) is 4.79 Å². The Morgan fingerprint density at radius 1 is 0.917 bits per heavy atom. The fraction of sp³-hybridized carbons (Fsp3) is 0.276. The van der Waals surface area contributed by atoms with Gasteiger partial charge in [-0.3, -0.25) is 4.79 Å². The van der Waals surface area contributed by atoms with Gasteiger partial charge in [0.15, 0.2) is 28.8 Å². The van der Waals surface area contributed by atoms with E-state index in [1.807, 2.05) is 67.6 Å². The van der Waals surface area contributed by atoms with Crippen LogP contribution in [0.1, 0.15) is 42.9 Å². The van der Waals surface area contributed by atoms with E-state index in [0.29, 0.717) is 36.7 Å². The summed E-state index contributed by atoms with van der Waals surface area (Å²) in [7, 11) is 1.64. The molecule has 184 valence electrons. The molecule has 6 rings (SSSR count). The van der Waals surface area contributed by atoms with Crippen molar-refractivity contribution in [3.63, 3.8) is 0 Å².